The van der Waals surface area contributed by atoms with Gasteiger partial charge in [0, 0.05) is 4.91 Å². The second-order valence-corrected chi connectivity index (χ2v) is 3.09. The van der Waals surface area contributed by atoms with Crippen molar-refractivity contribution in [2.24, 2.45) is 5.11 Å². The lowest BCUT2D eigenvalue weighted by Crippen LogP contribution is -1.99. The van der Waals surface area contributed by atoms with E-state index in [1.165, 1.54) is 0 Å². The van der Waals surface area contributed by atoms with Gasteiger partial charge in [-0.2, -0.15) is 0 Å². The highest BCUT2D eigenvalue weighted by molar-refractivity contribution is 5.29. The van der Waals surface area contributed by atoms with E-state index in [-0.39, 0.29) is 13.0 Å². The Bertz CT molecular complexity index is 321. The number of rotatable bonds is 2. The Morgan fingerprint density at radius 1 is 1.23 bits per heavy atom. The van der Waals surface area contributed by atoms with Crippen LogP contribution < -0.4 is 0 Å². The first-order chi connectivity index (χ1) is 5.87. The van der Waals surface area contributed by atoms with E-state index in [2.05, 4.69) is 10.0 Å². The summed E-state index contributed by atoms with van der Waals surface area (Å²) in [5.74, 6) is 0. The molecule has 1 fully saturated rings. The molecule has 13 heavy (non-hydrogen) atoms. The van der Waals surface area contributed by atoms with Crippen molar-refractivity contribution >= 4 is 0 Å². The Morgan fingerprint density at radius 2 is 1.85 bits per heavy atom. The molecule has 0 N–H and O–H groups in total. The van der Waals surface area contributed by atoms with Gasteiger partial charge in [0.15, 0.2) is 0 Å². The maximum Gasteiger partial charge on any atom is 0.0738 e. The van der Waals surface area contributed by atoms with E-state index in [1.807, 2.05) is 30.3 Å². The van der Waals surface area contributed by atoms with Crippen LogP contribution in [0.15, 0.2) is 35.4 Å². The van der Waals surface area contributed by atoms with Crippen LogP contribution in [0.25, 0.3) is 10.4 Å². The lowest BCUT2D eigenvalue weighted by Gasteiger charge is -2.06. The molecule has 2 rings (SSSR count). The van der Waals surface area contributed by atoms with Gasteiger partial charge in [0.25, 0.3) is 0 Å². The minimum absolute atomic E-state index is 0. The fourth-order valence-corrected chi connectivity index (χ4v) is 1.40. The minimum atomic E-state index is -0.198. The molecule has 3 heteroatoms. The van der Waals surface area contributed by atoms with E-state index in [0.717, 1.165) is 18.4 Å². The van der Waals surface area contributed by atoms with E-state index >= 15 is 0 Å². The fraction of sp³-hybridized carbons (Fsp3) is 0.400. The van der Waals surface area contributed by atoms with Crippen LogP contribution in [0.5, 0.6) is 0 Å². The lowest BCUT2D eigenvalue weighted by atomic mass is 10.1. The first-order valence-corrected chi connectivity index (χ1v) is 3.99. The quantitative estimate of drug-likeness (QED) is 0.374. The van der Waals surface area contributed by atoms with Crippen molar-refractivity contribution in [3.05, 3.63) is 46.3 Å². The normalized spacial score (nSPS) is 16.6. The molecular weight excluding hydrogens is 162 g/mol. The first-order valence-electron chi connectivity index (χ1n) is 3.99. The highest BCUT2D eigenvalue weighted by atomic mass is 15.2. The van der Waals surface area contributed by atoms with Gasteiger partial charge in [0.2, 0.25) is 0 Å². The molecule has 0 bridgehead atoms. The van der Waals surface area contributed by atoms with Gasteiger partial charge in [-0.05, 0) is 23.9 Å². The molecule has 0 heterocycles. The van der Waals surface area contributed by atoms with E-state index in [0.29, 0.717) is 0 Å². The van der Waals surface area contributed by atoms with Crippen molar-refractivity contribution in [2.75, 3.05) is 0 Å². The molecule has 0 atom stereocenters. The SMILES string of the molecule is C.[N-]=[N+]=NC1(c2ccccc2)CC1. The Labute approximate surface area is 78.0 Å². The third-order valence-electron chi connectivity index (χ3n) is 2.27. The third-order valence-corrected chi connectivity index (χ3v) is 2.27. The third kappa shape index (κ3) is 1.65. The van der Waals surface area contributed by atoms with Crippen molar-refractivity contribution in [2.45, 2.75) is 25.8 Å². The smallest absolute Gasteiger partial charge is 0.0738 e. The number of hydrogen-bond donors (Lipinski definition) is 0. The van der Waals surface area contributed by atoms with Gasteiger partial charge >= 0.3 is 0 Å². The molecule has 68 valence electrons. The maximum atomic E-state index is 8.36. The molecule has 0 saturated heterocycles. The van der Waals surface area contributed by atoms with Gasteiger partial charge in [-0.15, -0.1) is 0 Å². The van der Waals surface area contributed by atoms with Crippen LogP contribution in [0.4, 0.5) is 0 Å². The van der Waals surface area contributed by atoms with Crippen molar-refractivity contribution in [1.29, 1.82) is 0 Å². The molecule has 0 radical (unpaired) electrons. The van der Waals surface area contributed by atoms with Gasteiger partial charge in [0.1, 0.15) is 0 Å². The molecule has 0 spiro atoms. The molecule has 1 aromatic carbocycles. The minimum Gasteiger partial charge on any atom is -0.0826 e. The number of benzene rings is 1. The maximum absolute atomic E-state index is 8.36. The number of hydrogen-bond acceptors (Lipinski definition) is 1. The van der Waals surface area contributed by atoms with E-state index in [4.69, 9.17) is 5.53 Å². The summed E-state index contributed by atoms with van der Waals surface area (Å²) < 4.78 is 0. The van der Waals surface area contributed by atoms with E-state index in [1.54, 1.807) is 0 Å². The first kappa shape index (κ1) is 9.62. The molecule has 1 saturated carbocycles. The summed E-state index contributed by atoms with van der Waals surface area (Å²) in [6.07, 6.45) is 1.97. The van der Waals surface area contributed by atoms with Crippen LogP contribution in [-0.4, -0.2) is 0 Å². The Kier molecular flexibility index (Phi) is 2.59. The summed E-state index contributed by atoms with van der Waals surface area (Å²) in [5.41, 5.74) is 9.30. The van der Waals surface area contributed by atoms with Crippen LogP contribution in [0.1, 0.15) is 25.8 Å². The van der Waals surface area contributed by atoms with Crippen molar-refractivity contribution in [3.8, 4) is 0 Å². The second-order valence-electron chi connectivity index (χ2n) is 3.09. The molecule has 0 amide bonds. The molecule has 1 aliphatic rings. The average Bonchev–Trinajstić information content (AvgIpc) is 2.88. The predicted octanol–water partition coefficient (Wildman–Crippen LogP) is 3.62. The van der Waals surface area contributed by atoms with Gasteiger partial charge in [-0.3, -0.25) is 0 Å². The van der Waals surface area contributed by atoms with Crippen LogP contribution in [0.3, 0.4) is 0 Å². The predicted molar refractivity (Wildman–Crippen MR) is 53.2 cm³/mol. The summed E-state index contributed by atoms with van der Waals surface area (Å²) in [6, 6.07) is 9.95. The molecule has 3 nitrogen and oxygen atoms in total. The Balaban J connectivity index is 0.000000845. The summed E-state index contributed by atoms with van der Waals surface area (Å²) in [6.45, 7) is 0. The Morgan fingerprint density at radius 3 is 2.31 bits per heavy atom. The monoisotopic (exact) mass is 175 g/mol. The van der Waals surface area contributed by atoms with Crippen molar-refractivity contribution < 1.29 is 0 Å². The molecule has 0 aromatic heterocycles. The van der Waals surface area contributed by atoms with Gasteiger partial charge in [-0.25, -0.2) is 0 Å². The molecule has 1 aliphatic carbocycles. The molecule has 1 aromatic rings. The molecular formula is C10H13N3. The highest BCUT2D eigenvalue weighted by Crippen LogP contribution is 2.49. The molecule has 0 aliphatic heterocycles. The van der Waals surface area contributed by atoms with Crippen molar-refractivity contribution in [3.63, 3.8) is 0 Å². The highest BCUT2D eigenvalue weighted by Gasteiger charge is 2.43. The zero-order valence-corrected chi connectivity index (χ0v) is 6.64. The average molecular weight is 175 g/mol. The van der Waals surface area contributed by atoms with Crippen LogP contribution in [0.2, 0.25) is 0 Å². The topological polar surface area (TPSA) is 48.8 Å². The van der Waals surface area contributed by atoms with E-state index < -0.39 is 0 Å². The second kappa shape index (κ2) is 3.50. The standard InChI is InChI=1S/C9H9N3.CH4/c10-12-11-9(6-7-9)8-4-2-1-3-5-8;/h1-5H,6-7H2;1H4. The summed E-state index contributed by atoms with van der Waals surface area (Å²) in [5, 5.41) is 3.82. The van der Waals surface area contributed by atoms with E-state index in [9.17, 15) is 0 Å². The summed E-state index contributed by atoms with van der Waals surface area (Å²) in [4.78, 5) is 2.87. The van der Waals surface area contributed by atoms with Gasteiger partial charge < -0.3 is 0 Å². The summed E-state index contributed by atoms with van der Waals surface area (Å²) in [7, 11) is 0. The molecule has 0 unspecified atom stereocenters. The number of azide groups is 1. The number of nitrogens with zero attached hydrogens (tertiary/aromatic N) is 3. The zero-order chi connectivity index (χ0) is 8.44. The largest absolute Gasteiger partial charge is 0.0826 e. The lowest BCUT2D eigenvalue weighted by molar-refractivity contribution is 0.731. The van der Waals surface area contributed by atoms with Gasteiger partial charge in [-0.1, -0.05) is 42.9 Å². The van der Waals surface area contributed by atoms with Crippen LogP contribution >= 0.6 is 0 Å². The van der Waals surface area contributed by atoms with Crippen LogP contribution in [-0.2, 0) is 5.54 Å². The Hall–Kier alpha value is -1.47. The summed E-state index contributed by atoms with van der Waals surface area (Å²) >= 11 is 0. The zero-order valence-electron chi connectivity index (χ0n) is 6.64. The fourth-order valence-electron chi connectivity index (χ4n) is 1.40. The van der Waals surface area contributed by atoms with Crippen LogP contribution in [0, 0.1) is 0 Å². The van der Waals surface area contributed by atoms with Crippen molar-refractivity contribution in [1.82, 2.24) is 0 Å². The van der Waals surface area contributed by atoms with Gasteiger partial charge in [0.05, 0.1) is 5.54 Å².